The highest BCUT2D eigenvalue weighted by molar-refractivity contribution is 6.05. The van der Waals surface area contributed by atoms with E-state index >= 15 is 0 Å². The van der Waals surface area contributed by atoms with Crippen molar-refractivity contribution in [1.82, 2.24) is 10.6 Å². The van der Waals surface area contributed by atoms with E-state index in [2.05, 4.69) is 15.6 Å². The zero-order chi connectivity index (χ0) is 28.9. The minimum Gasteiger partial charge on any atom is -0.372 e. The van der Waals surface area contributed by atoms with Gasteiger partial charge in [0, 0.05) is 28.6 Å². The fourth-order valence-electron chi connectivity index (χ4n) is 3.69. The van der Waals surface area contributed by atoms with Crippen molar-refractivity contribution in [3.8, 4) is 0 Å². The van der Waals surface area contributed by atoms with Crippen LogP contribution < -0.4 is 10.6 Å². The largest absolute Gasteiger partial charge is 0.412 e. The number of carbonyl (C=O) groups excluding carboxylic acids is 1. The highest BCUT2D eigenvalue weighted by atomic mass is 19.4. The van der Waals surface area contributed by atoms with Crippen molar-refractivity contribution < 1.29 is 22.4 Å². The molecule has 2 atom stereocenters. The van der Waals surface area contributed by atoms with Gasteiger partial charge in [-0.1, -0.05) is 75.2 Å². The van der Waals surface area contributed by atoms with Crippen LogP contribution in [-0.2, 0) is 4.79 Å². The molecule has 0 bridgehead atoms. The fraction of sp³-hybridized carbons (Fsp3) is 0.400. The molecule has 2 unspecified atom stereocenters. The number of dihydropyridines is 1. The summed E-state index contributed by atoms with van der Waals surface area (Å²) in [6.45, 7) is 12.2. The van der Waals surface area contributed by atoms with Gasteiger partial charge in [0.25, 0.3) is 0 Å². The number of ketones is 1. The van der Waals surface area contributed by atoms with E-state index in [0.717, 1.165) is 6.08 Å². The highest BCUT2D eigenvalue weighted by Gasteiger charge is 2.44. The number of rotatable bonds is 10. The third-order valence-corrected chi connectivity index (χ3v) is 5.58. The van der Waals surface area contributed by atoms with Gasteiger partial charge in [-0.15, -0.1) is 0 Å². The van der Waals surface area contributed by atoms with Crippen molar-refractivity contribution in [2.24, 2.45) is 4.99 Å². The quantitative estimate of drug-likeness (QED) is 0.105. The van der Waals surface area contributed by atoms with Crippen molar-refractivity contribution in [3.05, 3.63) is 89.1 Å². The molecule has 8 heteroatoms. The summed E-state index contributed by atoms with van der Waals surface area (Å²) in [4.78, 5) is 16.4. The van der Waals surface area contributed by atoms with Crippen LogP contribution in [-0.4, -0.2) is 29.8 Å². The summed E-state index contributed by atoms with van der Waals surface area (Å²) in [7, 11) is 0. The Hall–Kier alpha value is -3.42. The number of halogens is 4. The number of aliphatic imine (C=N–C) groups is 1. The van der Waals surface area contributed by atoms with Gasteiger partial charge in [0.2, 0.25) is 0 Å². The standard InChI is InChI=1S/C28H33F4N3O.C2H6/c1-6-11-23-24(14-15-26(29)34-23)35-27(28(30,31)32)22(16-18(3)7-2)20(5)33-25(17-19(4)36)21-12-9-8-10-13-21;1-2/h7-10,12-17,23,27,34-35H,6,11H2,1-5H3;1-2H3/b18-7-,22-16+,25-17-,33-20+;. The molecule has 2 rings (SSSR count). The van der Waals surface area contributed by atoms with Crippen LogP contribution in [0.5, 0.6) is 0 Å². The maximum atomic E-state index is 14.5. The van der Waals surface area contributed by atoms with Gasteiger partial charge in [0.05, 0.1) is 11.7 Å². The smallest absolute Gasteiger partial charge is 0.372 e. The summed E-state index contributed by atoms with van der Waals surface area (Å²) in [5, 5.41) is 5.22. The maximum Gasteiger partial charge on any atom is 0.412 e. The van der Waals surface area contributed by atoms with Crippen molar-refractivity contribution in [2.45, 2.75) is 79.6 Å². The third-order valence-electron chi connectivity index (χ3n) is 5.58. The van der Waals surface area contributed by atoms with Crippen LogP contribution in [0.3, 0.4) is 0 Å². The number of nitrogens with zero attached hydrogens (tertiary/aromatic N) is 1. The molecule has 0 aromatic heterocycles. The molecule has 1 aliphatic rings. The molecule has 1 aromatic rings. The fourth-order valence-corrected chi connectivity index (χ4v) is 3.69. The molecular formula is C30H39F4N3O. The summed E-state index contributed by atoms with van der Waals surface area (Å²) in [5.74, 6) is -0.872. The van der Waals surface area contributed by atoms with E-state index in [0.29, 0.717) is 24.0 Å². The zero-order valence-corrected chi connectivity index (χ0v) is 23.2. The van der Waals surface area contributed by atoms with Crippen molar-refractivity contribution in [1.29, 1.82) is 0 Å². The Morgan fingerprint density at radius 1 is 1.11 bits per heavy atom. The molecule has 4 nitrogen and oxygen atoms in total. The molecule has 1 heterocycles. The van der Waals surface area contributed by atoms with Crippen LogP contribution in [0, 0.1) is 0 Å². The van der Waals surface area contributed by atoms with Crippen LogP contribution in [0.15, 0.2) is 88.5 Å². The first-order valence-corrected chi connectivity index (χ1v) is 12.8. The second-order valence-electron chi connectivity index (χ2n) is 8.58. The van der Waals surface area contributed by atoms with E-state index < -0.39 is 24.2 Å². The molecule has 0 amide bonds. The summed E-state index contributed by atoms with van der Waals surface area (Å²) in [5.41, 5.74) is 1.71. The summed E-state index contributed by atoms with van der Waals surface area (Å²) < 4.78 is 57.3. The van der Waals surface area contributed by atoms with Crippen LogP contribution in [0.4, 0.5) is 17.6 Å². The van der Waals surface area contributed by atoms with E-state index in [4.69, 9.17) is 0 Å². The molecule has 0 saturated heterocycles. The lowest BCUT2D eigenvalue weighted by atomic mass is 9.96. The molecule has 208 valence electrons. The first-order valence-electron chi connectivity index (χ1n) is 12.8. The van der Waals surface area contributed by atoms with Gasteiger partial charge in [-0.25, -0.2) is 0 Å². The van der Waals surface area contributed by atoms with Gasteiger partial charge < -0.3 is 10.6 Å². The Bertz CT molecular complexity index is 1110. The first-order chi connectivity index (χ1) is 18.0. The number of benzene rings is 1. The maximum absolute atomic E-state index is 14.5. The third kappa shape index (κ3) is 10.1. The second kappa shape index (κ2) is 15.7. The Balaban J connectivity index is 0.00000352. The number of hydrogen-bond acceptors (Lipinski definition) is 4. The van der Waals surface area contributed by atoms with Crippen LogP contribution in [0.25, 0.3) is 5.70 Å². The minimum absolute atomic E-state index is 0.0977. The predicted molar refractivity (Wildman–Crippen MR) is 149 cm³/mol. The van der Waals surface area contributed by atoms with E-state index in [1.165, 1.54) is 32.1 Å². The molecule has 0 radical (unpaired) electrons. The lowest BCUT2D eigenvalue weighted by Crippen LogP contribution is -2.49. The molecule has 38 heavy (non-hydrogen) atoms. The molecule has 0 saturated carbocycles. The normalized spacial score (nSPS) is 17.9. The van der Waals surface area contributed by atoms with Gasteiger partial charge >= 0.3 is 6.18 Å². The van der Waals surface area contributed by atoms with Crippen molar-refractivity contribution in [3.63, 3.8) is 0 Å². The SMILES string of the molecule is CC.C\C=C(C)/C=C(\C(C)=N\C(=C/C(C)=O)c1ccccc1)C(NC1=CC=C(F)NC1CCC)C(F)(F)F. The molecule has 0 spiro atoms. The van der Waals surface area contributed by atoms with Crippen LogP contribution >= 0.6 is 0 Å². The van der Waals surface area contributed by atoms with Gasteiger partial charge in [-0.2, -0.15) is 17.6 Å². The zero-order valence-electron chi connectivity index (χ0n) is 23.2. The van der Waals surface area contributed by atoms with Gasteiger partial charge in [-0.3, -0.25) is 9.79 Å². The van der Waals surface area contributed by atoms with Crippen molar-refractivity contribution in [2.75, 3.05) is 0 Å². The van der Waals surface area contributed by atoms with Gasteiger partial charge in [0.1, 0.15) is 6.04 Å². The number of allylic oxidation sites excluding steroid dienone is 6. The minimum atomic E-state index is -4.69. The first kappa shape index (κ1) is 32.6. The topological polar surface area (TPSA) is 53.5 Å². The van der Waals surface area contributed by atoms with E-state index in [1.54, 1.807) is 50.3 Å². The van der Waals surface area contributed by atoms with Gasteiger partial charge in [-0.05, 0) is 46.3 Å². The number of hydrogen-bond donors (Lipinski definition) is 2. The summed E-state index contributed by atoms with van der Waals surface area (Å²) >= 11 is 0. The molecule has 0 fully saturated rings. The predicted octanol–water partition coefficient (Wildman–Crippen LogP) is 7.98. The molecule has 1 aromatic carbocycles. The van der Waals surface area contributed by atoms with Crippen LogP contribution in [0.1, 0.15) is 66.9 Å². The van der Waals surface area contributed by atoms with E-state index in [-0.39, 0.29) is 28.5 Å². The van der Waals surface area contributed by atoms with Crippen molar-refractivity contribution >= 4 is 17.2 Å². The Kier molecular flexibility index (Phi) is 13.5. The molecular weight excluding hydrogens is 494 g/mol. The average molecular weight is 534 g/mol. The van der Waals surface area contributed by atoms with Crippen LogP contribution in [0.2, 0.25) is 0 Å². The lowest BCUT2D eigenvalue weighted by molar-refractivity contribution is -0.144. The highest BCUT2D eigenvalue weighted by Crippen LogP contribution is 2.30. The monoisotopic (exact) mass is 533 g/mol. The molecule has 0 aliphatic carbocycles. The van der Waals surface area contributed by atoms with E-state index in [1.807, 2.05) is 20.8 Å². The van der Waals surface area contributed by atoms with E-state index in [9.17, 15) is 22.4 Å². The average Bonchev–Trinajstić information content (AvgIpc) is 2.87. The summed E-state index contributed by atoms with van der Waals surface area (Å²) in [6.07, 6.45) is 3.28. The Morgan fingerprint density at radius 3 is 2.26 bits per heavy atom. The van der Waals surface area contributed by atoms with Gasteiger partial charge in [0.15, 0.2) is 11.7 Å². The Labute approximate surface area is 224 Å². The molecule has 1 aliphatic heterocycles. The number of carbonyl (C=O) groups is 1. The summed E-state index contributed by atoms with van der Waals surface area (Å²) in [6, 6.07) is 6.05. The Morgan fingerprint density at radius 2 is 1.74 bits per heavy atom. The second-order valence-corrected chi connectivity index (χ2v) is 8.58. The number of alkyl halides is 3. The number of nitrogens with one attached hydrogen (secondary N) is 2. The lowest BCUT2D eigenvalue weighted by Gasteiger charge is -2.32. The molecule has 2 N–H and O–H groups in total.